The van der Waals surface area contributed by atoms with Crippen LogP contribution in [0.3, 0.4) is 0 Å². The smallest absolute Gasteiger partial charge is 0.335 e. The van der Waals surface area contributed by atoms with Crippen molar-refractivity contribution in [1.82, 2.24) is 0 Å². The lowest BCUT2D eigenvalue weighted by Crippen LogP contribution is -2.27. The van der Waals surface area contributed by atoms with Crippen molar-refractivity contribution in [1.29, 1.82) is 0 Å². The predicted octanol–water partition coefficient (Wildman–Crippen LogP) is 2.39. The second-order valence-corrected chi connectivity index (χ2v) is 5.30. The van der Waals surface area contributed by atoms with Crippen LogP contribution in [0.1, 0.15) is 26.8 Å². The molecule has 0 spiro atoms. The molecular formula is C14H14N2O3S. The van der Waals surface area contributed by atoms with E-state index in [9.17, 15) is 9.59 Å². The van der Waals surface area contributed by atoms with E-state index >= 15 is 0 Å². The van der Waals surface area contributed by atoms with Crippen LogP contribution in [0.15, 0.2) is 35.7 Å². The first-order valence-electron chi connectivity index (χ1n) is 5.93. The van der Waals surface area contributed by atoms with Crippen molar-refractivity contribution in [2.24, 2.45) is 5.73 Å². The van der Waals surface area contributed by atoms with Crippen molar-refractivity contribution in [3.05, 3.63) is 51.7 Å². The number of hydrogen-bond acceptors (Lipinski definition) is 4. The number of rotatable bonds is 4. The molecule has 0 fully saturated rings. The van der Waals surface area contributed by atoms with Gasteiger partial charge >= 0.3 is 5.97 Å². The molecule has 20 heavy (non-hydrogen) atoms. The van der Waals surface area contributed by atoms with E-state index in [1.165, 1.54) is 23.5 Å². The average Bonchev–Trinajstić information content (AvgIpc) is 2.94. The summed E-state index contributed by atoms with van der Waals surface area (Å²) in [6.45, 7) is 1.79. The molecule has 1 atom stereocenters. The Morgan fingerprint density at radius 2 is 2.10 bits per heavy atom. The van der Waals surface area contributed by atoms with Crippen molar-refractivity contribution < 1.29 is 14.7 Å². The van der Waals surface area contributed by atoms with Crippen LogP contribution in [0.4, 0.5) is 5.69 Å². The first kappa shape index (κ1) is 14.2. The van der Waals surface area contributed by atoms with Crippen LogP contribution in [0.25, 0.3) is 0 Å². The zero-order valence-electron chi connectivity index (χ0n) is 10.8. The lowest BCUT2D eigenvalue weighted by Gasteiger charge is -2.13. The number of carbonyl (C=O) groups is 2. The maximum Gasteiger partial charge on any atom is 0.335 e. The monoisotopic (exact) mass is 290 g/mol. The van der Waals surface area contributed by atoms with Gasteiger partial charge in [0.05, 0.1) is 5.56 Å². The highest BCUT2D eigenvalue weighted by atomic mass is 32.1. The Morgan fingerprint density at radius 3 is 2.70 bits per heavy atom. The second kappa shape index (κ2) is 5.85. The van der Waals surface area contributed by atoms with Gasteiger partial charge in [0.2, 0.25) is 5.91 Å². The lowest BCUT2D eigenvalue weighted by atomic mass is 10.1. The highest BCUT2D eigenvalue weighted by Crippen LogP contribution is 2.21. The van der Waals surface area contributed by atoms with E-state index < -0.39 is 12.0 Å². The third kappa shape index (κ3) is 3.04. The number of aryl methyl sites for hydroxylation is 1. The fraction of sp³-hybridized carbons (Fsp3) is 0.143. The van der Waals surface area contributed by atoms with Gasteiger partial charge in [0.25, 0.3) is 0 Å². The second-order valence-electron chi connectivity index (χ2n) is 4.32. The maximum absolute atomic E-state index is 12.1. The number of aromatic carboxylic acids is 1. The van der Waals surface area contributed by atoms with Crippen LogP contribution in [-0.2, 0) is 4.79 Å². The molecule has 0 aliphatic carbocycles. The van der Waals surface area contributed by atoms with Crippen LogP contribution < -0.4 is 11.1 Å². The van der Waals surface area contributed by atoms with Gasteiger partial charge in [0.1, 0.15) is 6.04 Å². The summed E-state index contributed by atoms with van der Waals surface area (Å²) in [5.41, 5.74) is 7.22. The van der Waals surface area contributed by atoms with Gasteiger partial charge in [-0.1, -0.05) is 12.1 Å². The topological polar surface area (TPSA) is 92.4 Å². The summed E-state index contributed by atoms with van der Waals surface area (Å²) in [6, 6.07) is 7.42. The zero-order chi connectivity index (χ0) is 14.7. The van der Waals surface area contributed by atoms with E-state index in [2.05, 4.69) is 5.32 Å². The standard InChI is InChI=1S/C14H14N2O3S/c1-8-4-5-9(14(18)19)7-10(8)16-13(17)12(15)11-3-2-6-20-11/h2-7,12H,15H2,1H3,(H,16,17)(H,18,19). The van der Waals surface area contributed by atoms with E-state index in [0.29, 0.717) is 5.69 Å². The lowest BCUT2D eigenvalue weighted by molar-refractivity contribution is -0.117. The summed E-state index contributed by atoms with van der Waals surface area (Å²) in [7, 11) is 0. The van der Waals surface area contributed by atoms with Crippen molar-refractivity contribution in [2.45, 2.75) is 13.0 Å². The van der Waals surface area contributed by atoms with Gasteiger partial charge < -0.3 is 16.2 Å². The van der Waals surface area contributed by atoms with Crippen LogP contribution in [0, 0.1) is 6.92 Å². The number of thiophene rings is 1. The molecule has 0 aliphatic heterocycles. The van der Waals surface area contributed by atoms with Gasteiger partial charge in [-0.2, -0.15) is 0 Å². The Labute approximate surface area is 120 Å². The van der Waals surface area contributed by atoms with E-state index in [1.54, 1.807) is 19.1 Å². The molecule has 1 aromatic heterocycles. The molecule has 1 unspecified atom stereocenters. The number of carboxylic acids is 1. The summed E-state index contributed by atoms with van der Waals surface area (Å²) < 4.78 is 0. The van der Waals surface area contributed by atoms with Gasteiger partial charge in [0, 0.05) is 10.6 Å². The summed E-state index contributed by atoms with van der Waals surface area (Å²) in [5.74, 6) is -1.40. The minimum absolute atomic E-state index is 0.121. The average molecular weight is 290 g/mol. The molecule has 0 radical (unpaired) electrons. The molecule has 4 N–H and O–H groups in total. The Hall–Kier alpha value is -2.18. The number of nitrogens with one attached hydrogen (secondary N) is 1. The highest BCUT2D eigenvalue weighted by Gasteiger charge is 2.18. The van der Waals surface area contributed by atoms with Gasteiger partial charge in [-0.05, 0) is 36.1 Å². The summed E-state index contributed by atoms with van der Waals surface area (Å²) in [6.07, 6.45) is 0. The molecule has 1 amide bonds. The van der Waals surface area contributed by atoms with Crippen molar-refractivity contribution in [3.8, 4) is 0 Å². The number of hydrogen-bond donors (Lipinski definition) is 3. The molecule has 5 nitrogen and oxygen atoms in total. The van der Waals surface area contributed by atoms with E-state index in [0.717, 1.165) is 10.4 Å². The molecule has 2 rings (SSSR count). The predicted molar refractivity (Wildman–Crippen MR) is 78.0 cm³/mol. The Bertz CT molecular complexity index is 638. The summed E-state index contributed by atoms with van der Waals surface area (Å²) in [5, 5.41) is 13.5. The fourth-order valence-corrected chi connectivity index (χ4v) is 2.42. The minimum Gasteiger partial charge on any atom is -0.478 e. The van der Waals surface area contributed by atoms with Gasteiger partial charge in [0.15, 0.2) is 0 Å². The first-order valence-corrected chi connectivity index (χ1v) is 6.81. The van der Waals surface area contributed by atoms with Crippen LogP contribution in [-0.4, -0.2) is 17.0 Å². The van der Waals surface area contributed by atoms with E-state index in [4.69, 9.17) is 10.8 Å². The van der Waals surface area contributed by atoms with Crippen molar-refractivity contribution in [2.75, 3.05) is 5.32 Å². The quantitative estimate of drug-likeness (QED) is 0.806. The normalized spacial score (nSPS) is 11.9. The maximum atomic E-state index is 12.1. The number of anilines is 1. The number of carbonyl (C=O) groups excluding carboxylic acids is 1. The largest absolute Gasteiger partial charge is 0.478 e. The van der Waals surface area contributed by atoms with E-state index in [-0.39, 0.29) is 11.5 Å². The molecular weight excluding hydrogens is 276 g/mol. The molecule has 0 saturated heterocycles. The number of amides is 1. The Balaban J connectivity index is 2.19. The first-order chi connectivity index (χ1) is 9.49. The van der Waals surface area contributed by atoms with Crippen LogP contribution in [0.5, 0.6) is 0 Å². The molecule has 6 heteroatoms. The summed E-state index contributed by atoms with van der Waals surface area (Å²) >= 11 is 1.40. The Kier molecular flexibility index (Phi) is 4.16. The van der Waals surface area contributed by atoms with E-state index in [1.807, 2.05) is 11.4 Å². The van der Waals surface area contributed by atoms with Crippen LogP contribution in [0.2, 0.25) is 0 Å². The molecule has 0 aliphatic rings. The number of benzene rings is 1. The number of carboxylic acid groups (broad SMARTS) is 1. The third-order valence-corrected chi connectivity index (χ3v) is 3.83. The SMILES string of the molecule is Cc1ccc(C(=O)O)cc1NC(=O)C(N)c1cccs1. The van der Waals surface area contributed by atoms with Gasteiger partial charge in [-0.3, -0.25) is 4.79 Å². The fourth-order valence-electron chi connectivity index (χ4n) is 1.70. The number of nitrogens with two attached hydrogens (primary N) is 1. The molecule has 0 bridgehead atoms. The third-order valence-electron chi connectivity index (χ3n) is 2.87. The summed E-state index contributed by atoms with van der Waals surface area (Å²) in [4.78, 5) is 23.8. The van der Waals surface area contributed by atoms with Gasteiger partial charge in [-0.25, -0.2) is 4.79 Å². The van der Waals surface area contributed by atoms with Crippen molar-refractivity contribution in [3.63, 3.8) is 0 Å². The molecule has 2 aromatic rings. The Morgan fingerprint density at radius 1 is 1.35 bits per heavy atom. The molecule has 0 saturated carbocycles. The molecule has 104 valence electrons. The highest BCUT2D eigenvalue weighted by molar-refractivity contribution is 7.10. The van der Waals surface area contributed by atoms with Gasteiger partial charge in [-0.15, -0.1) is 11.3 Å². The molecule has 1 aromatic carbocycles. The molecule has 1 heterocycles. The minimum atomic E-state index is -1.04. The zero-order valence-corrected chi connectivity index (χ0v) is 11.6. The van der Waals surface area contributed by atoms with Crippen molar-refractivity contribution >= 4 is 28.9 Å². The van der Waals surface area contributed by atoms with Crippen LogP contribution >= 0.6 is 11.3 Å².